The van der Waals surface area contributed by atoms with Crippen molar-refractivity contribution in [3.05, 3.63) is 35.4 Å². The predicted molar refractivity (Wildman–Crippen MR) is 53.3 cm³/mol. The van der Waals surface area contributed by atoms with E-state index in [1.165, 1.54) is 18.6 Å². The van der Waals surface area contributed by atoms with E-state index in [-0.39, 0.29) is 0 Å². The Labute approximate surface area is 87.7 Å². The van der Waals surface area contributed by atoms with Crippen LogP contribution in [0.1, 0.15) is 37.4 Å². The van der Waals surface area contributed by atoms with Crippen molar-refractivity contribution in [1.82, 2.24) is 0 Å². The van der Waals surface area contributed by atoms with Crippen molar-refractivity contribution in [1.29, 1.82) is 0 Å². The normalized spacial score (nSPS) is 18.6. The maximum absolute atomic E-state index is 12.9. The second-order valence-corrected chi connectivity index (χ2v) is 4.25. The summed E-state index contributed by atoms with van der Waals surface area (Å²) >= 11 is 0. The fourth-order valence-electron chi connectivity index (χ4n) is 1.95. The Kier molecular flexibility index (Phi) is 3.00. The molecule has 1 aromatic rings. The summed E-state index contributed by atoms with van der Waals surface area (Å²) in [7, 11) is 0. The summed E-state index contributed by atoms with van der Waals surface area (Å²) in [6, 6.07) is 3.22. The van der Waals surface area contributed by atoms with Gasteiger partial charge in [-0.25, -0.2) is 8.78 Å². The minimum Gasteiger partial charge on any atom is -0.388 e. The van der Waals surface area contributed by atoms with Gasteiger partial charge in [0.15, 0.2) is 0 Å². The molecule has 1 unspecified atom stereocenters. The largest absolute Gasteiger partial charge is 0.388 e. The summed E-state index contributed by atoms with van der Waals surface area (Å²) in [5.41, 5.74) is 0.347. The van der Waals surface area contributed by atoms with E-state index in [9.17, 15) is 13.9 Å². The summed E-state index contributed by atoms with van der Waals surface area (Å²) in [4.78, 5) is 0. The Hall–Kier alpha value is -0.960. The smallest absolute Gasteiger partial charge is 0.126 e. The van der Waals surface area contributed by atoms with Gasteiger partial charge in [0.1, 0.15) is 11.6 Å². The Morgan fingerprint density at radius 2 is 1.80 bits per heavy atom. The molecule has 1 aliphatic carbocycles. The molecule has 1 saturated carbocycles. The van der Waals surface area contributed by atoms with Crippen molar-refractivity contribution in [2.75, 3.05) is 0 Å². The van der Waals surface area contributed by atoms with Gasteiger partial charge in [-0.1, -0.05) is 19.3 Å². The lowest BCUT2D eigenvalue weighted by Gasteiger charge is -2.27. The lowest BCUT2D eigenvalue weighted by atomic mass is 9.80. The summed E-state index contributed by atoms with van der Waals surface area (Å²) < 4.78 is 25.7. The van der Waals surface area contributed by atoms with Crippen molar-refractivity contribution in [3.8, 4) is 0 Å². The number of hydrogen-bond donors (Lipinski definition) is 1. The third-order valence-corrected chi connectivity index (χ3v) is 3.05. The Bertz CT molecular complexity index is 327. The number of hydrogen-bond acceptors (Lipinski definition) is 1. The molecule has 0 saturated heterocycles. The molecule has 1 aromatic carbocycles. The summed E-state index contributed by atoms with van der Waals surface area (Å²) in [6.45, 7) is 0. The summed E-state index contributed by atoms with van der Waals surface area (Å²) in [5, 5.41) is 9.77. The fraction of sp³-hybridized carbons (Fsp3) is 0.500. The average Bonchev–Trinajstić information content (AvgIpc) is 2.09. The van der Waals surface area contributed by atoms with Crippen molar-refractivity contribution in [3.63, 3.8) is 0 Å². The van der Waals surface area contributed by atoms with E-state index in [0.717, 1.165) is 18.9 Å². The highest BCUT2D eigenvalue weighted by molar-refractivity contribution is 5.20. The van der Waals surface area contributed by atoms with Gasteiger partial charge in [0.25, 0.3) is 0 Å². The minimum atomic E-state index is -0.736. The number of aliphatic hydroxyl groups is 1. The summed E-state index contributed by atoms with van der Waals surface area (Å²) in [6.07, 6.45) is 3.32. The van der Waals surface area contributed by atoms with Crippen LogP contribution in [0.4, 0.5) is 8.78 Å². The van der Waals surface area contributed by atoms with E-state index in [1.54, 1.807) is 0 Å². The van der Waals surface area contributed by atoms with E-state index in [0.29, 0.717) is 17.9 Å². The van der Waals surface area contributed by atoms with Crippen LogP contribution in [-0.4, -0.2) is 5.11 Å². The lowest BCUT2D eigenvalue weighted by Crippen LogP contribution is -2.15. The molecule has 1 N–H and O–H groups in total. The highest BCUT2D eigenvalue weighted by atomic mass is 19.1. The topological polar surface area (TPSA) is 20.2 Å². The Balaban J connectivity index is 2.06. The zero-order valence-electron chi connectivity index (χ0n) is 8.42. The van der Waals surface area contributed by atoms with Crippen molar-refractivity contribution in [2.24, 2.45) is 5.92 Å². The van der Waals surface area contributed by atoms with E-state index >= 15 is 0 Å². The fourth-order valence-corrected chi connectivity index (χ4v) is 1.95. The van der Waals surface area contributed by atoms with Gasteiger partial charge in [0, 0.05) is 6.07 Å². The predicted octanol–water partition coefficient (Wildman–Crippen LogP) is 3.19. The van der Waals surface area contributed by atoms with Crippen LogP contribution in [0.25, 0.3) is 0 Å². The first-order valence-electron chi connectivity index (χ1n) is 5.29. The maximum Gasteiger partial charge on any atom is 0.126 e. The molecule has 15 heavy (non-hydrogen) atoms. The maximum atomic E-state index is 12.9. The quantitative estimate of drug-likeness (QED) is 0.815. The van der Waals surface area contributed by atoms with Crippen molar-refractivity contribution in [2.45, 2.75) is 31.8 Å². The van der Waals surface area contributed by atoms with Gasteiger partial charge < -0.3 is 5.11 Å². The van der Waals surface area contributed by atoms with Crippen LogP contribution in [0, 0.1) is 17.6 Å². The molecule has 3 heteroatoms. The second kappa shape index (κ2) is 4.27. The van der Waals surface area contributed by atoms with E-state index in [4.69, 9.17) is 0 Å². The van der Waals surface area contributed by atoms with Gasteiger partial charge in [0.2, 0.25) is 0 Å². The molecule has 0 aliphatic heterocycles. The molecule has 0 spiro atoms. The standard InChI is InChI=1S/C12H14F2O/c13-10-5-9(6-11(14)7-10)12(15)4-8-2-1-3-8/h5-8,12,15H,1-4H2. The molecule has 0 radical (unpaired) electrons. The van der Waals surface area contributed by atoms with Gasteiger partial charge >= 0.3 is 0 Å². The van der Waals surface area contributed by atoms with Gasteiger partial charge in [0.05, 0.1) is 6.10 Å². The molecule has 1 fully saturated rings. The van der Waals surface area contributed by atoms with Gasteiger partial charge in [-0.15, -0.1) is 0 Å². The van der Waals surface area contributed by atoms with Crippen molar-refractivity contribution < 1.29 is 13.9 Å². The average molecular weight is 212 g/mol. The molecule has 0 bridgehead atoms. The first-order chi connectivity index (χ1) is 7.15. The molecule has 82 valence electrons. The van der Waals surface area contributed by atoms with Crippen LogP contribution in [0.3, 0.4) is 0 Å². The summed E-state index contributed by atoms with van der Waals surface area (Å²) in [5.74, 6) is -0.735. The lowest BCUT2D eigenvalue weighted by molar-refractivity contribution is 0.118. The van der Waals surface area contributed by atoms with E-state index in [2.05, 4.69) is 0 Å². The molecule has 0 heterocycles. The third kappa shape index (κ3) is 2.53. The first kappa shape index (κ1) is 10.6. The van der Waals surface area contributed by atoms with Crippen LogP contribution in [0.2, 0.25) is 0 Å². The second-order valence-electron chi connectivity index (χ2n) is 4.25. The molecular weight excluding hydrogens is 198 g/mol. The molecule has 1 aliphatic rings. The van der Waals surface area contributed by atoms with Crippen LogP contribution in [0.5, 0.6) is 0 Å². The molecule has 1 atom stereocenters. The number of aliphatic hydroxyl groups excluding tert-OH is 1. The van der Waals surface area contributed by atoms with Gasteiger partial charge in [-0.2, -0.15) is 0 Å². The highest BCUT2D eigenvalue weighted by Crippen LogP contribution is 2.34. The Morgan fingerprint density at radius 1 is 1.20 bits per heavy atom. The molecule has 0 aromatic heterocycles. The third-order valence-electron chi connectivity index (χ3n) is 3.05. The van der Waals surface area contributed by atoms with Crippen LogP contribution in [0.15, 0.2) is 18.2 Å². The molecular formula is C12H14F2O. The Morgan fingerprint density at radius 3 is 2.27 bits per heavy atom. The molecule has 2 rings (SSSR count). The zero-order valence-corrected chi connectivity index (χ0v) is 8.42. The minimum absolute atomic E-state index is 0.347. The molecule has 0 amide bonds. The molecule has 1 nitrogen and oxygen atoms in total. The van der Waals surface area contributed by atoms with Crippen LogP contribution < -0.4 is 0 Å². The van der Waals surface area contributed by atoms with Gasteiger partial charge in [-0.05, 0) is 30.0 Å². The van der Waals surface area contributed by atoms with E-state index in [1.807, 2.05) is 0 Å². The first-order valence-corrected chi connectivity index (χ1v) is 5.29. The van der Waals surface area contributed by atoms with Crippen LogP contribution in [-0.2, 0) is 0 Å². The zero-order chi connectivity index (χ0) is 10.8. The highest BCUT2D eigenvalue weighted by Gasteiger charge is 2.22. The monoisotopic (exact) mass is 212 g/mol. The van der Waals surface area contributed by atoms with Crippen molar-refractivity contribution >= 4 is 0 Å². The number of halogens is 2. The van der Waals surface area contributed by atoms with Crippen LogP contribution >= 0.6 is 0 Å². The number of rotatable bonds is 3. The van der Waals surface area contributed by atoms with Gasteiger partial charge in [-0.3, -0.25) is 0 Å². The van der Waals surface area contributed by atoms with E-state index < -0.39 is 17.7 Å². The number of benzene rings is 1. The SMILES string of the molecule is OC(CC1CCC1)c1cc(F)cc(F)c1.